The number of aromatic nitrogens is 2. The molecule has 0 aliphatic heterocycles. The summed E-state index contributed by atoms with van der Waals surface area (Å²) < 4.78 is 10.1. The van der Waals surface area contributed by atoms with Crippen molar-refractivity contribution in [3.8, 4) is 5.75 Å². The van der Waals surface area contributed by atoms with Crippen LogP contribution in [-0.2, 0) is 9.53 Å². The molecule has 0 saturated heterocycles. The Morgan fingerprint density at radius 2 is 1.96 bits per heavy atom. The highest BCUT2D eigenvalue weighted by molar-refractivity contribution is 8.00. The average Bonchev–Trinajstić information content (AvgIpc) is 3.13. The number of ketones is 1. The van der Waals surface area contributed by atoms with Crippen molar-refractivity contribution in [1.82, 2.24) is 9.97 Å². The van der Waals surface area contributed by atoms with Gasteiger partial charge in [0.15, 0.2) is 12.4 Å². The molecule has 0 aliphatic rings. The summed E-state index contributed by atoms with van der Waals surface area (Å²) in [5.74, 6) is 0.0179. The van der Waals surface area contributed by atoms with Gasteiger partial charge in [-0.25, -0.2) is 9.97 Å². The molecule has 2 heterocycles. The maximum absolute atomic E-state index is 12.0. The number of benzene rings is 1. The maximum atomic E-state index is 12.0. The number of fused-ring (bicyclic) bond motifs is 1. The van der Waals surface area contributed by atoms with Gasteiger partial charge < -0.3 is 9.47 Å². The number of nitrogens with zero attached hydrogens (tertiary/aromatic N) is 2. The average molecular weight is 374 g/mol. The van der Waals surface area contributed by atoms with Gasteiger partial charge in [0.05, 0.1) is 12.9 Å². The largest absolute Gasteiger partial charge is 0.497 e. The summed E-state index contributed by atoms with van der Waals surface area (Å²) in [6.45, 7) is -0.288. The summed E-state index contributed by atoms with van der Waals surface area (Å²) in [7, 11) is 1.55. The van der Waals surface area contributed by atoms with Gasteiger partial charge in [0.25, 0.3) is 0 Å². The maximum Gasteiger partial charge on any atom is 0.316 e. The summed E-state index contributed by atoms with van der Waals surface area (Å²) in [6.07, 6.45) is 1.47. The minimum atomic E-state index is -0.464. The topological polar surface area (TPSA) is 78.4 Å². The Morgan fingerprint density at radius 3 is 2.72 bits per heavy atom. The lowest BCUT2D eigenvalue weighted by Gasteiger charge is -2.05. The van der Waals surface area contributed by atoms with Gasteiger partial charge in [0, 0.05) is 10.9 Å². The van der Waals surface area contributed by atoms with E-state index in [0.717, 1.165) is 15.2 Å². The van der Waals surface area contributed by atoms with Crippen molar-refractivity contribution in [3.05, 3.63) is 47.6 Å². The molecule has 0 amide bonds. The lowest BCUT2D eigenvalue weighted by Crippen LogP contribution is -2.15. The Kier molecular flexibility index (Phi) is 5.62. The third-order valence-electron chi connectivity index (χ3n) is 3.33. The van der Waals surface area contributed by atoms with E-state index < -0.39 is 5.97 Å². The van der Waals surface area contributed by atoms with Crippen LogP contribution in [0.5, 0.6) is 5.75 Å². The number of Topliss-reactive ketones (excluding diaryl/α,β-unsaturated/α-hetero) is 1. The standard InChI is InChI=1S/C17H14N2O4S2/c1-22-12-4-2-11(3-5-12)14(20)8-23-15(21)9-25-17-13-6-7-24-16(13)18-10-19-17/h2-7,10H,8-9H2,1H3. The number of methoxy groups -OCH3 is 1. The summed E-state index contributed by atoms with van der Waals surface area (Å²) in [5, 5.41) is 3.57. The first kappa shape index (κ1) is 17.4. The number of esters is 1. The summed E-state index contributed by atoms with van der Waals surface area (Å²) in [6, 6.07) is 8.56. The smallest absolute Gasteiger partial charge is 0.316 e. The molecule has 0 unspecified atom stereocenters. The Bertz CT molecular complexity index is 893. The van der Waals surface area contributed by atoms with Crippen molar-refractivity contribution >= 4 is 45.1 Å². The van der Waals surface area contributed by atoms with Crippen LogP contribution in [0.15, 0.2) is 47.1 Å². The number of hydrogen-bond donors (Lipinski definition) is 0. The lowest BCUT2D eigenvalue weighted by molar-refractivity contribution is -0.139. The van der Waals surface area contributed by atoms with Crippen LogP contribution in [0.25, 0.3) is 10.2 Å². The Morgan fingerprint density at radius 1 is 1.16 bits per heavy atom. The number of carbonyl (C=O) groups is 2. The van der Waals surface area contributed by atoms with Gasteiger partial charge in [-0.1, -0.05) is 11.8 Å². The van der Waals surface area contributed by atoms with E-state index in [9.17, 15) is 9.59 Å². The fourth-order valence-corrected chi connectivity index (χ4v) is 3.63. The van der Waals surface area contributed by atoms with Crippen molar-refractivity contribution < 1.29 is 19.1 Å². The number of thiophene rings is 1. The Hall–Kier alpha value is -2.45. The molecule has 0 radical (unpaired) electrons. The van der Waals surface area contributed by atoms with E-state index in [2.05, 4.69) is 9.97 Å². The minimum Gasteiger partial charge on any atom is -0.497 e. The normalized spacial score (nSPS) is 10.6. The molecule has 2 aromatic heterocycles. The fraction of sp³-hybridized carbons (Fsp3) is 0.176. The molecular weight excluding hydrogens is 360 g/mol. The third kappa shape index (κ3) is 4.34. The Labute approximate surface area is 152 Å². The van der Waals surface area contributed by atoms with Gasteiger partial charge in [-0.15, -0.1) is 11.3 Å². The van der Waals surface area contributed by atoms with Crippen LogP contribution < -0.4 is 4.74 Å². The molecule has 6 nitrogen and oxygen atoms in total. The van der Waals surface area contributed by atoms with Crippen LogP contribution in [0.4, 0.5) is 0 Å². The highest BCUT2D eigenvalue weighted by atomic mass is 32.2. The van der Waals surface area contributed by atoms with Crippen molar-refractivity contribution in [1.29, 1.82) is 0 Å². The summed E-state index contributed by atoms with van der Waals surface area (Å²) in [5.41, 5.74) is 0.469. The first-order valence-corrected chi connectivity index (χ1v) is 9.18. The molecule has 25 heavy (non-hydrogen) atoms. The van der Waals surface area contributed by atoms with E-state index in [4.69, 9.17) is 9.47 Å². The highest BCUT2D eigenvalue weighted by Crippen LogP contribution is 2.27. The molecule has 128 valence electrons. The Balaban J connectivity index is 1.50. The number of carbonyl (C=O) groups excluding carboxylic acids is 2. The second-order valence-corrected chi connectivity index (χ2v) is 6.78. The molecule has 0 N–H and O–H groups in total. The van der Waals surface area contributed by atoms with Gasteiger partial charge in [0.1, 0.15) is 21.9 Å². The molecule has 0 aliphatic carbocycles. The first-order valence-electron chi connectivity index (χ1n) is 7.31. The fourth-order valence-electron chi connectivity index (χ4n) is 2.06. The van der Waals surface area contributed by atoms with Crippen LogP contribution in [0.2, 0.25) is 0 Å². The molecule has 0 fully saturated rings. The first-order chi connectivity index (χ1) is 12.2. The SMILES string of the molecule is COc1ccc(C(=O)COC(=O)CSc2ncnc3sccc23)cc1. The number of rotatable bonds is 7. The molecule has 3 aromatic rings. The molecule has 1 aromatic carbocycles. The predicted octanol–water partition coefficient (Wildman–Crippen LogP) is 3.22. The highest BCUT2D eigenvalue weighted by Gasteiger charge is 2.12. The number of thioether (sulfide) groups is 1. The van der Waals surface area contributed by atoms with Crippen LogP contribution in [-0.4, -0.2) is 41.2 Å². The van der Waals surface area contributed by atoms with Gasteiger partial charge in [-0.3, -0.25) is 9.59 Å². The predicted molar refractivity (Wildman–Crippen MR) is 96.4 cm³/mol. The second-order valence-electron chi connectivity index (χ2n) is 4.92. The lowest BCUT2D eigenvalue weighted by atomic mass is 10.1. The van der Waals surface area contributed by atoms with E-state index >= 15 is 0 Å². The molecule has 8 heteroatoms. The van der Waals surface area contributed by atoms with Crippen LogP contribution in [0.1, 0.15) is 10.4 Å². The van der Waals surface area contributed by atoms with E-state index in [1.165, 1.54) is 29.4 Å². The zero-order valence-electron chi connectivity index (χ0n) is 13.3. The van der Waals surface area contributed by atoms with Gasteiger partial charge >= 0.3 is 5.97 Å². The molecular formula is C17H14N2O4S2. The van der Waals surface area contributed by atoms with Crippen molar-refractivity contribution in [2.45, 2.75) is 5.03 Å². The molecule has 0 bridgehead atoms. The molecule has 0 saturated carbocycles. The molecule has 3 rings (SSSR count). The van der Waals surface area contributed by atoms with E-state index in [0.29, 0.717) is 11.3 Å². The summed E-state index contributed by atoms with van der Waals surface area (Å²) in [4.78, 5) is 33.1. The van der Waals surface area contributed by atoms with Crippen LogP contribution in [0, 0.1) is 0 Å². The molecule has 0 spiro atoms. The third-order valence-corrected chi connectivity index (χ3v) is 5.13. The van der Waals surface area contributed by atoms with E-state index in [-0.39, 0.29) is 18.1 Å². The minimum absolute atomic E-state index is 0.0812. The van der Waals surface area contributed by atoms with Crippen molar-refractivity contribution in [3.63, 3.8) is 0 Å². The quantitative estimate of drug-likeness (QED) is 0.272. The van der Waals surface area contributed by atoms with E-state index in [1.807, 2.05) is 11.4 Å². The van der Waals surface area contributed by atoms with Crippen molar-refractivity contribution in [2.24, 2.45) is 0 Å². The van der Waals surface area contributed by atoms with Crippen LogP contribution >= 0.6 is 23.1 Å². The number of hydrogen-bond acceptors (Lipinski definition) is 8. The zero-order chi connectivity index (χ0) is 17.6. The van der Waals surface area contributed by atoms with Gasteiger partial charge in [0.2, 0.25) is 0 Å². The number of ether oxygens (including phenoxy) is 2. The van der Waals surface area contributed by atoms with Gasteiger partial charge in [-0.05, 0) is 35.7 Å². The zero-order valence-corrected chi connectivity index (χ0v) is 14.9. The second kappa shape index (κ2) is 8.09. The van der Waals surface area contributed by atoms with Gasteiger partial charge in [-0.2, -0.15) is 0 Å². The van der Waals surface area contributed by atoms with E-state index in [1.54, 1.807) is 31.4 Å². The summed E-state index contributed by atoms with van der Waals surface area (Å²) >= 11 is 2.78. The van der Waals surface area contributed by atoms with Crippen molar-refractivity contribution in [2.75, 3.05) is 19.5 Å². The molecule has 0 atom stereocenters. The monoisotopic (exact) mass is 374 g/mol. The van der Waals surface area contributed by atoms with Crippen LogP contribution in [0.3, 0.4) is 0 Å².